The number of rotatable bonds is 5. The van der Waals surface area contributed by atoms with Crippen LogP contribution < -0.4 is 5.73 Å². The minimum atomic E-state index is -0.138. The summed E-state index contributed by atoms with van der Waals surface area (Å²) in [6.45, 7) is 6.64. The van der Waals surface area contributed by atoms with Crippen LogP contribution in [0.25, 0.3) is 11.0 Å². The van der Waals surface area contributed by atoms with Crippen molar-refractivity contribution in [2.45, 2.75) is 33.2 Å². The Balaban J connectivity index is 0.00000264. The molecule has 128 valence electrons. The van der Waals surface area contributed by atoms with Gasteiger partial charge in [-0.25, -0.2) is 0 Å². The fraction of sp³-hybridized carbons (Fsp3) is 0.471. The van der Waals surface area contributed by atoms with Crippen LogP contribution in [0, 0.1) is 12.8 Å². The maximum absolute atomic E-state index is 12.6. The number of para-hydroxylation sites is 1. The molecule has 2 rings (SSSR count). The number of hydrogen-bond acceptors (Lipinski definition) is 3. The molecule has 0 radical (unpaired) electrons. The van der Waals surface area contributed by atoms with Gasteiger partial charge in [0.05, 0.1) is 5.02 Å². The number of nitrogens with zero attached hydrogens (tertiary/aromatic N) is 1. The summed E-state index contributed by atoms with van der Waals surface area (Å²) in [7, 11) is 1.77. The molecule has 23 heavy (non-hydrogen) atoms. The normalized spacial score (nSPS) is 12.3. The zero-order valence-corrected chi connectivity index (χ0v) is 15.5. The Labute approximate surface area is 148 Å². The third-order valence-corrected chi connectivity index (χ3v) is 4.41. The predicted octanol–water partition coefficient (Wildman–Crippen LogP) is 4.26. The maximum Gasteiger partial charge on any atom is 0.289 e. The van der Waals surface area contributed by atoms with Crippen molar-refractivity contribution >= 4 is 40.9 Å². The van der Waals surface area contributed by atoms with Crippen molar-refractivity contribution in [3.63, 3.8) is 0 Å². The quantitative estimate of drug-likeness (QED) is 0.868. The molecule has 1 amide bonds. The van der Waals surface area contributed by atoms with E-state index in [0.717, 1.165) is 17.4 Å². The fourth-order valence-electron chi connectivity index (χ4n) is 2.36. The third kappa shape index (κ3) is 4.19. The molecule has 1 aromatic heterocycles. The van der Waals surface area contributed by atoms with Crippen LogP contribution in [0.5, 0.6) is 0 Å². The van der Waals surface area contributed by atoms with E-state index in [9.17, 15) is 4.79 Å². The first-order valence-corrected chi connectivity index (χ1v) is 7.89. The first-order chi connectivity index (χ1) is 10.3. The van der Waals surface area contributed by atoms with Gasteiger partial charge in [0.2, 0.25) is 0 Å². The summed E-state index contributed by atoms with van der Waals surface area (Å²) in [5, 5.41) is 1.40. The molecular formula is C17H24Cl2N2O2. The van der Waals surface area contributed by atoms with Crippen molar-refractivity contribution in [1.29, 1.82) is 0 Å². The van der Waals surface area contributed by atoms with Gasteiger partial charge in [-0.05, 0) is 25.3 Å². The largest absolute Gasteiger partial charge is 0.449 e. The second-order valence-corrected chi connectivity index (χ2v) is 6.50. The second kappa shape index (κ2) is 8.04. The molecule has 6 heteroatoms. The zero-order chi connectivity index (χ0) is 16.4. The number of amides is 1. The number of hydrogen-bond donors (Lipinski definition) is 1. The molecule has 4 nitrogen and oxygen atoms in total. The highest BCUT2D eigenvalue weighted by Gasteiger charge is 2.22. The molecule has 0 aliphatic carbocycles. The summed E-state index contributed by atoms with van der Waals surface area (Å²) < 4.78 is 5.71. The lowest BCUT2D eigenvalue weighted by molar-refractivity contribution is 0.0759. The Morgan fingerprint density at radius 2 is 2.04 bits per heavy atom. The number of furan rings is 1. The molecule has 2 N–H and O–H groups in total. The molecule has 0 spiro atoms. The van der Waals surface area contributed by atoms with Crippen molar-refractivity contribution in [3.05, 3.63) is 34.5 Å². The Morgan fingerprint density at radius 1 is 1.39 bits per heavy atom. The van der Waals surface area contributed by atoms with E-state index in [1.165, 1.54) is 0 Å². The molecule has 0 aliphatic heterocycles. The van der Waals surface area contributed by atoms with Crippen LogP contribution >= 0.6 is 24.0 Å². The van der Waals surface area contributed by atoms with Crippen LogP contribution in [0.4, 0.5) is 0 Å². The average molecular weight is 359 g/mol. The lowest BCUT2D eigenvalue weighted by Crippen LogP contribution is -2.34. The number of carbonyl (C=O) groups excluding carboxylic acids is 1. The average Bonchev–Trinajstić information content (AvgIpc) is 2.82. The van der Waals surface area contributed by atoms with Gasteiger partial charge >= 0.3 is 0 Å². The summed E-state index contributed by atoms with van der Waals surface area (Å²) in [5.74, 6) is 0.611. The van der Waals surface area contributed by atoms with Gasteiger partial charge in [0.1, 0.15) is 0 Å². The fourth-order valence-corrected chi connectivity index (χ4v) is 2.58. The van der Waals surface area contributed by atoms with Gasteiger partial charge in [-0.15, -0.1) is 12.4 Å². The number of benzene rings is 1. The first-order valence-electron chi connectivity index (χ1n) is 7.51. The van der Waals surface area contributed by atoms with Crippen LogP contribution in [0.1, 0.15) is 36.4 Å². The molecule has 0 bridgehead atoms. The standard InChI is InChI=1S/C17H23ClN2O2.ClH/c1-10(2)14(19)8-9-20(4)17(21)15-11(3)12-6-5-7-13(18)16(12)22-15;/h5-7,10,14H,8-9,19H2,1-4H3;1H. The first kappa shape index (κ1) is 19.8. The van der Waals surface area contributed by atoms with Gasteiger partial charge in [-0.3, -0.25) is 4.79 Å². The Morgan fingerprint density at radius 3 is 2.61 bits per heavy atom. The molecule has 1 unspecified atom stereocenters. The van der Waals surface area contributed by atoms with E-state index >= 15 is 0 Å². The van der Waals surface area contributed by atoms with Gasteiger partial charge in [0, 0.05) is 30.6 Å². The molecular weight excluding hydrogens is 335 g/mol. The Hall–Kier alpha value is -1.23. The van der Waals surface area contributed by atoms with E-state index in [0.29, 0.717) is 28.8 Å². The molecule has 0 aliphatic rings. The summed E-state index contributed by atoms with van der Waals surface area (Å²) in [4.78, 5) is 14.2. The van der Waals surface area contributed by atoms with Crippen LogP contribution in [-0.2, 0) is 0 Å². The number of nitrogens with two attached hydrogens (primary N) is 1. The monoisotopic (exact) mass is 358 g/mol. The molecule has 2 aromatic rings. The summed E-state index contributed by atoms with van der Waals surface area (Å²) in [6.07, 6.45) is 0.764. The lowest BCUT2D eigenvalue weighted by atomic mass is 10.0. The lowest BCUT2D eigenvalue weighted by Gasteiger charge is -2.21. The van der Waals surface area contributed by atoms with Gasteiger partial charge in [0.15, 0.2) is 11.3 Å². The maximum atomic E-state index is 12.6. The predicted molar refractivity (Wildman–Crippen MR) is 97.6 cm³/mol. The Bertz CT molecular complexity index is 683. The summed E-state index contributed by atoms with van der Waals surface area (Å²) in [6, 6.07) is 5.60. The van der Waals surface area contributed by atoms with E-state index < -0.39 is 0 Å². The molecule has 1 aromatic carbocycles. The van der Waals surface area contributed by atoms with E-state index in [2.05, 4.69) is 13.8 Å². The van der Waals surface area contributed by atoms with Gasteiger partial charge in [-0.1, -0.05) is 37.6 Å². The van der Waals surface area contributed by atoms with Crippen LogP contribution in [0.2, 0.25) is 5.02 Å². The van der Waals surface area contributed by atoms with Crippen molar-refractivity contribution in [2.75, 3.05) is 13.6 Å². The highest BCUT2D eigenvalue weighted by atomic mass is 35.5. The molecule has 0 fully saturated rings. The summed E-state index contributed by atoms with van der Waals surface area (Å²) in [5.41, 5.74) is 7.42. The minimum Gasteiger partial charge on any atom is -0.449 e. The highest BCUT2D eigenvalue weighted by Crippen LogP contribution is 2.31. The van der Waals surface area contributed by atoms with Crippen molar-refractivity contribution in [1.82, 2.24) is 4.90 Å². The van der Waals surface area contributed by atoms with Crippen molar-refractivity contribution in [2.24, 2.45) is 11.7 Å². The Kier molecular flexibility index (Phi) is 6.93. The number of aryl methyl sites for hydroxylation is 1. The smallest absolute Gasteiger partial charge is 0.289 e. The van der Waals surface area contributed by atoms with Gasteiger partial charge in [0.25, 0.3) is 5.91 Å². The number of carbonyl (C=O) groups is 1. The molecule has 1 heterocycles. The van der Waals surface area contributed by atoms with E-state index in [4.69, 9.17) is 21.8 Å². The van der Waals surface area contributed by atoms with Crippen LogP contribution in [-0.4, -0.2) is 30.4 Å². The van der Waals surface area contributed by atoms with Gasteiger partial charge < -0.3 is 15.1 Å². The molecule has 0 saturated carbocycles. The third-order valence-electron chi connectivity index (χ3n) is 4.11. The second-order valence-electron chi connectivity index (χ2n) is 6.10. The minimum absolute atomic E-state index is 0. The van der Waals surface area contributed by atoms with E-state index in [-0.39, 0.29) is 24.4 Å². The SMILES string of the molecule is Cc1c(C(=O)N(C)CCC(N)C(C)C)oc2c(Cl)cccc12.Cl. The highest BCUT2D eigenvalue weighted by molar-refractivity contribution is 6.35. The topological polar surface area (TPSA) is 59.5 Å². The molecule has 0 saturated heterocycles. The number of fused-ring (bicyclic) bond motifs is 1. The van der Waals surface area contributed by atoms with Crippen LogP contribution in [0.3, 0.4) is 0 Å². The zero-order valence-electron chi connectivity index (χ0n) is 13.9. The van der Waals surface area contributed by atoms with Gasteiger partial charge in [-0.2, -0.15) is 0 Å². The van der Waals surface area contributed by atoms with Crippen molar-refractivity contribution in [3.8, 4) is 0 Å². The van der Waals surface area contributed by atoms with Crippen molar-refractivity contribution < 1.29 is 9.21 Å². The summed E-state index contributed by atoms with van der Waals surface area (Å²) >= 11 is 6.13. The molecule has 1 atom stereocenters. The number of halogens is 2. The van der Waals surface area contributed by atoms with E-state index in [1.54, 1.807) is 18.0 Å². The van der Waals surface area contributed by atoms with Crippen LogP contribution in [0.15, 0.2) is 22.6 Å². The van der Waals surface area contributed by atoms with E-state index in [1.807, 2.05) is 19.1 Å².